The van der Waals surface area contributed by atoms with Crippen molar-refractivity contribution in [3.8, 4) is 0 Å². The topological polar surface area (TPSA) is 110 Å². The van der Waals surface area contributed by atoms with Gasteiger partial charge in [-0.25, -0.2) is 0 Å². The molecular weight excluding hydrogens is 448 g/mol. The van der Waals surface area contributed by atoms with Gasteiger partial charge < -0.3 is 22.1 Å². The SMILES string of the molecule is CCCCCCCCCCCC(=O)NCCC(N)(CN)CCNC(=O)CCCCCCCCCCC. The van der Waals surface area contributed by atoms with E-state index in [0.717, 1.165) is 25.7 Å². The maximum absolute atomic E-state index is 12.1. The van der Waals surface area contributed by atoms with Crippen molar-refractivity contribution in [2.75, 3.05) is 19.6 Å². The first-order chi connectivity index (χ1) is 17.5. The van der Waals surface area contributed by atoms with Crippen LogP contribution in [0.4, 0.5) is 0 Å². The van der Waals surface area contributed by atoms with E-state index >= 15 is 0 Å². The average Bonchev–Trinajstić information content (AvgIpc) is 2.86. The first-order valence-corrected chi connectivity index (χ1v) is 15.5. The van der Waals surface area contributed by atoms with Crippen LogP contribution in [0.25, 0.3) is 0 Å². The highest BCUT2D eigenvalue weighted by atomic mass is 16.2. The third-order valence-electron chi connectivity index (χ3n) is 7.31. The maximum atomic E-state index is 12.1. The lowest BCUT2D eigenvalue weighted by Gasteiger charge is -2.28. The molecule has 36 heavy (non-hydrogen) atoms. The summed E-state index contributed by atoms with van der Waals surface area (Å²) in [4.78, 5) is 24.2. The number of nitrogens with two attached hydrogens (primary N) is 2. The van der Waals surface area contributed by atoms with Crippen molar-refractivity contribution in [3.05, 3.63) is 0 Å². The van der Waals surface area contributed by atoms with Gasteiger partial charge >= 0.3 is 0 Å². The number of amides is 2. The van der Waals surface area contributed by atoms with E-state index in [0.29, 0.717) is 45.3 Å². The van der Waals surface area contributed by atoms with Crippen molar-refractivity contribution in [2.45, 2.75) is 161 Å². The highest BCUT2D eigenvalue weighted by molar-refractivity contribution is 5.76. The van der Waals surface area contributed by atoms with Gasteiger partial charge in [0.05, 0.1) is 0 Å². The Kier molecular flexibility index (Phi) is 24.7. The summed E-state index contributed by atoms with van der Waals surface area (Å²) in [5.41, 5.74) is 11.8. The van der Waals surface area contributed by atoms with E-state index in [2.05, 4.69) is 24.5 Å². The molecule has 0 radical (unpaired) electrons. The van der Waals surface area contributed by atoms with Crippen molar-refractivity contribution < 1.29 is 9.59 Å². The van der Waals surface area contributed by atoms with Gasteiger partial charge in [-0.15, -0.1) is 0 Å². The fourth-order valence-corrected chi connectivity index (χ4v) is 4.60. The van der Waals surface area contributed by atoms with Gasteiger partial charge in [-0.1, -0.05) is 117 Å². The Morgan fingerprint density at radius 3 is 1.17 bits per heavy atom. The number of hydrogen-bond donors (Lipinski definition) is 4. The van der Waals surface area contributed by atoms with E-state index in [-0.39, 0.29) is 11.8 Å². The number of carbonyl (C=O) groups excluding carboxylic acids is 2. The molecule has 0 aliphatic carbocycles. The highest BCUT2D eigenvalue weighted by Crippen LogP contribution is 2.12. The molecule has 2 amide bonds. The van der Waals surface area contributed by atoms with Gasteiger partial charge in [-0.2, -0.15) is 0 Å². The lowest BCUT2D eigenvalue weighted by molar-refractivity contribution is -0.121. The molecule has 0 aromatic rings. The molecule has 0 saturated heterocycles. The molecule has 6 N–H and O–H groups in total. The molecule has 0 aliphatic heterocycles. The number of unbranched alkanes of at least 4 members (excludes halogenated alkanes) is 16. The zero-order valence-corrected chi connectivity index (χ0v) is 24.1. The van der Waals surface area contributed by atoms with Crippen LogP contribution >= 0.6 is 0 Å². The number of hydrogen-bond acceptors (Lipinski definition) is 4. The summed E-state index contributed by atoms with van der Waals surface area (Å²) in [6.45, 7) is 5.91. The van der Waals surface area contributed by atoms with Gasteiger partial charge in [0.1, 0.15) is 0 Å². The first-order valence-electron chi connectivity index (χ1n) is 15.5. The van der Waals surface area contributed by atoms with E-state index in [4.69, 9.17) is 11.5 Å². The maximum Gasteiger partial charge on any atom is 0.219 e. The van der Waals surface area contributed by atoms with Gasteiger partial charge in [0.2, 0.25) is 11.8 Å². The third kappa shape index (κ3) is 23.3. The quantitative estimate of drug-likeness (QED) is 0.0945. The van der Waals surface area contributed by atoms with Crippen LogP contribution in [0.15, 0.2) is 0 Å². The largest absolute Gasteiger partial charge is 0.356 e. The van der Waals surface area contributed by atoms with Gasteiger partial charge in [0, 0.05) is 38.0 Å². The van der Waals surface area contributed by atoms with Crippen molar-refractivity contribution in [1.82, 2.24) is 10.6 Å². The molecule has 0 unspecified atom stereocenters. The summed E-state index contributed by atoms with van der Waals surface area (Å²) >= 11 is 0. The summed E-state index contributed by atoms with van der Waals surface area (Å²) in [5, 5.41) is 5.99. The van der Waals surface area contributed by atoms with Crippen LogP contribution in [0.3, 0.4) is 0 Å². The van der Waals surface area contributed by atoms with Crippen molar-refractivity contribution in [1.29, 1.82) is 0 Å². The zero-order valence-electron chi connectivity index (χ0n) is 24.1. The molecule has 0 aromatic carbocycles. The minimum Gasteiger partial charge on any atom is -0.356 e. The summed E-state index contributed by atoms with van der Waals surface area (Å²) < 4.78 is 0. The lowest BCUT2D eigenvalue weighted by Crippen LogP contribution is -2.51. The van der Waals surface area contributed by atoms with Crippen LogP contribution in [-0.2, 0) is 9.59 Å². The average molecular weight is 511 g/mol. The minimum atomic E-state index is -0.559. The molecule has 0 atom stereocenters. The van der Waals surface area contributed by atoms with Crippen LogP contribution in [0.2, 0.25) is 0 Å². The Bertz CT molecular complexity index is 473. The number of carbonyl (C=O) groups is 2. The summed E-state index contributed by atoms with van der Waals surface area (Å²) in [6, 6.07) is 0. The van der Waals surface area contributed by atoms with Crippen molar-refractivity contribution >= 4 is 11.8 Å². The van der Waals surface area contributed by atoms with E-state index < -0.39 is 5.54 Å². The fourth-order valence-electron chi connectivity index (χ4n) is 4.60. The Balaban J connectivity index is 3.71. The van der Waals surface area contributed by atoms with Crippen LogP contribution in [0, 0.1) is 0 Å². The second-order valence-corrected chi connectivity index (χ2v) is 10.9. The molecule has 0 heterocycles. The Labute approximate surface area is 223 Å². The summed E-state index contributed by atoms with van der Waals surface area (Å²) in [6.07, 6.45) is 25.0. The fraction of sp³-hybridized carbons (Fsp3) is 0.933. The zero-order chi connectivity index (χ0) is 26.7. The molecule has 0 aliphatic rings. The molecule has 6 heteroatoms. The summed E-state index contributed by atoms with van der Waals surface area (Å²) in [7, 11) is 0. The second-order valence-electron chi connectivity index (χ2n) is 10.9. The lowest BCUT2D eigenvalue weighted by atomic mass is 9.92. The number of rotatable bonds is 27. The molecule has 0 aromatic heterocycles. The predicted octanol–water partition coefficient (Wildman–Crippen LogP) is 6.50. The van der Waals surface area contributed by atoms with Gasteiger partial charge in [0.15, 0.2) is 0 Å². The Morgan fingerprint density at radius 1 is 0.556 bits per heavy atom. The monoisotopic (exact) mass is 510 g/mol. The van der Waals surface area contributed by atoms with Crippen molar-refractivity contribution in [2.24, 2.45) is 11.5 Å². The van der Waals surface area contributed by atoms with Crippen LogP contribution < -0.4 is 22.1 Å². The van der Waals surface area contributed by atoms with Gasteiger partial charge in [-0.05, 0) is 25.7 Å². The highest BCUT2D eigenvalue weighted by Gasteiger charge is 2.23. The summed E-state index contributed by atoms with van der Waals surface area (Å²) in [5.74, 6) is 0.207. The molecule has 0 rings (SSSR count). The standard InChI is InChI=1S/C30H62N4O2/c1-3-5-7-9-11-13-15-17-19-21-28(35)33-25-23-30(32,27-31)24-26-34-29(36)22-20-18-16-14-12-10-8-6-4-2/h3-27,31-32H2,1-2H3,(H,33,35)(H,34,36). The van der Waals surface area contributed by atoms with Crippen molar-refractivity contribution in [3.63, 3.8) is 0 Å². The molecule has 0 fully saturated rings. The van der Waals surface area contributed by atoms with E-state index in [1.54, 1.807) is 0 Å². The third-order valence-corrected chi connectivity index (χ3v) is 7.31. The van der Waals surface area contributed by atoms with Crippen LogP contribution in [0.1, 0.15) is 155 Å². The van der Waals surface area contributed by atoms with Gasteiger partial charge in [0.25, 0.3) is 0 Å². The molecular formula is C30H62N4O2. The Morgan fingerprint density at radius 2 is 0.861 bits per heavy atom. The van der Waals surface area contributed by atoms with E-state index in [9.17, 15) is 9.59 Å². The number of nitrogens with one attached hydrogen (secondary N) is 2. The molecule has 0 bridgehead atoms. The van der Waals surface area contributed by atoms with Gasteiger partial charge in [-0.3, -0.25) is 9.59 Å². The molecule has 214 valence electrons. The smallest absolute Gasteiger partial charge is 0.219 e. The first kappa shape index (κ1) is 34.9. The van der Waals surface area contributed by atoms with Crippen LogP contribution in [-0.4, -0.2) is 37.0 Å². The van der Waals surface area contributed by atoms with E-state index in [1.807, 2.05) is 0 Å². The molecule has 6 nitrogen and oxygen atoms in total. The Hall–Kier alpha value is -1.14. The second kappa shape index (κ2) is 25.5. The predicted molar refractivity (Wildman–Crippen MR) is 155 cm³/mol. The molecule has 0 saturated carbocycles. The minimum absolute atomic E-state index is 0.103. The van der Waals surface area contributed by atoms with Crippen LogP contribution in [0.5, 0.6) is 0 Å². The normalized spacial score (nSPS) is 11.6. The van der Waals surface area contributed by atoms with E-state index in [1.165, 1.54) is 89.9 Å². The molecule has 0 spiro atoms.